The van der Waals surface area contributed by atoms with Gasteiger partial charge in [0.2, 0.25) is 11.2 Å². The third-order valence-corrected chi connectivity index (χ3v) is 23.7. The van der Waals surface area contributed by atoms with E-state index in [0.29, 0.717) is 5.95 Å². The average Bonchev–Trinajstić information content (AvgIpc) is 1.58. The van der Waals surface area contributed by atoms with Crippen LogP contribution in [0.2, 0.25) is 5.28 Å². The van der Waals surface area contributed by atoms with Crippen LogP contribution in [0.25, 0.3) is 196 Å². The highest BCUT2D eigenvalue weighted by Crippen LogP contribution is 2.50. The lowest BCUT2D eigenvalue weighted by Gasteiger charge is -2.12. The van der Waals surface area contributed by atoms with Gasteiger partial charge in [0, 0.05) is 89.3 Å². The molecular weight excluding hydrogens is 1260 g/mol. The van der Waals surface area contributed by atoms with Crippen molar-refractivity contribution in [3.63, 3.8) is 0 Å². The standard InChI is InChI=1S/C42H23N3S2.C22H13NS.C20H11ClN2S/c1-2-14-25-24(12-1)13-11-20-28(25)37-41-38(31-19-7-10-23-34(31)47-41)44-42(43-37)45-32-21-8-5-17-29(32)35-26-15-3-4-16-27(26)36-30-18-6-9-22-33(30)46-40(36)39(35)45;1-2-8-14-13(7-1)19-15-9-3-5-11-17(15)23-21(19)22-20(14)16-10-4-6-12-18(16)24-22;21-20-22-17(14-10-5-7-12-6-1-2-8-13(12)14)19-18(23-20)15-9-3-4-11-16(15)24-19/h1-23H;1-12,23H;1-11H. The summed E-state index contributed by atoms with van der Waals surface area (Å²) in [6.45, 7) is 0. The molecule has 0 amide bonds. The number of hydrogen-bond donors (Lipinski definition) is 1. The Morgan fingerprint density at radius 3 is 1.28 bits per heavy atom. The van der Waals surface area contributed by atoms with E-state index in [1.807, 2.05) is 40.9 Å². The number of benzene rings is 14. The first-order chi connectivity index (χ1) is 47.1. The molecule has 0 atom stereocenters. The van der Waals surface area contributed by atoms with E-state index in [9.17, 15) is 0 Å². The van der Waals surface area contributed by atoms with Gasteiger partial charge in [0.15, 0.2) is 0 Å². The summed E-state index contributed by atoms with van der Waals surface area (Å²) < 4.78 is 12.2. The smallest absolute Gasteiger partial charge is 0.235 e. The molecule has 0 aliphatic carbocycles. The summed E-state index contributed by atoms with van der Waals surface area (Å²) in [7, 11) is 0. The Balaban J connectivity index is 0.000000108. The normalized spacial score (nSPS) is 12.1. The van der Waals surface area contributed by atoms with Gasteiger partial charge in [-0.3, -0.25) is 4.57 Å². The van der Waals surface area contributed by atoms with Crippen molar-refractivity contribution in [2.24, 2.45) is 0 Å². The molecule has 8 heterocycles. The Morgan fingerprint density at radius 2 is 0.695 bits per heavy atom. The number of rotatable bonds is 3. The fourth-order valence-corrected chi connectivity index (χ4v) is 19.7. The minimum absolute atomic E-state index is 0.286. The van der Waals surface area contributed by atoms with E-state index in [1.165, 1.54) is 131 Å². The van der Waals surface area contributed by atoms with Crippen LogP contribution in [0.1, 0.15) is 0 Å². The van der Waals surface area contributed by atoms with Crippen molar-refractivity contribution in [2.75, 3.05) is 0 Å². The maximum atomic E-state index is 6.26. The van der Waals surface area contributed by atoms with Crippen LogP contribution >= 0.6 is 56.9 Å². The number of nitrogens with zero attached hydrogens (tertiary/aromatic N) is 5. The number of aromatic nitrogens is 6. The second-order valence-electron chi connectivity index (χ2n) is 24.0. The highest BCUT2D eigenvalue weighted by atomic mass is 35.5. The van der Waals surface area contributed by atoms with Gasteiger partial charge in [0.1, 0.15) is 0 Å². The molecule has 0 radical (unpaired) electrons. The maximum Gasteiger partial charge on any atom is 0.235 e. The lowest BCUT2D eigenvalue weighted by Crippen LogP contribution is -2.03. The number of fused-ring (bicyclic) bond motifs is 28. The SMILES string of the molecule is Clc1nc(-c2cccc3ccccc23)c2sc3ccccc3c2n1.c1ccc2c(-c3nc(-n4c5ccccc5c5c6ccccc6c6c7ccccc7sc6c54)nc4c3sc3ccccc34)cccc2c1.c1ccc2c(c1)[nH]c1c3sc4ccccc4c3c3ccccc3c21. The summed E-state index contributed by atoms with van der Waals surface area (Å²) in [6.07, 6.45) is 0. The van der Waals surface area contributed by atoms with E-state index in [1.54, 1.807) is 22.7 Å². The first-order valence-electron chi connectivity index (χ1n) is 31.5. The Kier molecular flexibility index (Phi) is 12.4. The highest BCUT2D eigenvalue weighted by Gasteiger charge is 2.26. The number of nitrogens with one attached hydrogen (secondary N) is 1. The first kappa shape index (κ1) is 54.6. The van der Waals surface area contributed by atoms with Crippen molar-refractivity contribution in [3.05, 3.63) is 284 Å². The van der Waals surface area contributed by atoms with Gasteiger partial charge in [-0.15, -0.1) is 45.3 Å². The molecule has 0 aliphatic rings. The van der Waals surface area contributed by atoms with Crippen LogP contribution in [0.15, 0.2) is 279 Å². The highest BCUT2D eigenvalue weighted by molar-refractivity contribution is 7.28. The molecule has 0 aliphatic heterocycles. The Bertz CT molecular complexity index is 6850. The van der Waals surface area contributed by atoms with Crippen molar-refractivity contribution in [2.45, 2.75) is 0 Å². The summed E-state index contributed by atoms with van der Waals surface area (Å²) in [6, 6.07) is 99.2. The average molecular weight is 1300 g/mol. The van der Waals surface area contributed by atoms with E-state index in [-0.39, 0.29) is 5.28 Å². The van der Waals surface area contributed by atoms with Gasteiger partial charge < -0.3 is 4.98 Å². The molecule has 11 heteroatoms. The Labute approximate surface area is 562 Å². The quantitative estimate of drug-likeness (QED) is 0.179. The van der Waals surface area contributed by atoms with Gasteiger partial charge in [-0.2, -0.15) is 0 Å². The van der Waals surface area contributed by atoms with Crippen molar-refractivity contribution in [3.8, 4) is 28.5 Å². The molecule has 14 aromatic carbocycles. The van der Waals surface area contributed by atoms with E-state index < -0.39 is 0 Å². The van der Waals surface area contributed by atoms with Crippen LogP contribution in [-0.2, 0) is 0 Å². The molecule has 0 spiro atoms. The number of halogens is 1. The van der Waals surface area contributed by atoms with Crippen molar-refractivity contribution in [1.29, 1.82) is 0 Å². The van der Waals surface area contributed by atoms with Crippen LogP contribution in [-0.4, -0.2) is 29.5 Å². The van der Waals surface area contributed by atoms with Gasteiger partial charge >= 0.3 is 0 Å². The molecule has 0 fully saturated rings. The second-order valence-corrected chi connectivity index (χ2v) is 28.6. The van der Waals surface area contributed by atoms with E-state index in [0.717, 1.165) is 59.2 Å². The number of thiophene rings is 4. The number of aromatic amines is 1. The topological polar surface area (TPSA) is 72.3 Å². The molecular formula is C84H47ClN6S4. The van der Waals surface area contributed by atoms with E-state index >= 15 is 0 Å². The second kappa shape index (κ2) is 21.6. The van der Waals surface area contributed by atoms with Gasteiger partial charge in [-0.25, -0.2) is 19.9 Å². The minimum atomic E-state index is 0.286. The van der Waals surface area contributed by atoms with Crippen LogP contribution in [0.5, 0.6) is 0 Å². The number of hydrogen-bond acceptors (Lipinski definition) is 8. The lowest BCUT2D eigenvalue weighted by molar-refractivity contribution is 1.02. The molecule has 0 saturated carbocycles. The Morgan fingerprint density at radius 1 is 0.295 bits per heavy atom. The van der Waals surface area contributed by atoms with Crippen molar-refractivity contribution in [1.82, 2.24) is 29.5 Å². The molecule has 22 rings (SSSR count). The third-order valence-electron chi connectivity index (χ3n) is 18.8. The first-order valence-corrected chi connectivity index (χ1v) is 35.2. The van der Waals surface area contributed by atoms with Crippen LogP contribution in [0, 0.1) is 0 Å². The lowest BCUT2D eigenvalue weighted by atomic mass is 9.99. The summed E-state index contributed by atoms with van der Waals surface area (Å²) in [4.78, 5) is 23.8. The molecule has 0 unspecified atom stereocenters. The van der Waals surface area contributed by atoms with Gasteiger partial charge in [-0.1, -0.05) is 243 Å². The molecule has 0 bridgehead atoms. The zero-order chi connectivity index (χ0) is 62.4. The fourth-order valence-electron chi connectivity index (χ4n) is 14.8. The van der Waals surface area contributed by atoms with E-state index in [4.69, 9.17) is 21.6 Å². The molecule has 8 aromatic heterocycles. The predicted molar refractivity (Wildman–Crippen MR) is 412 cm³/mol. The minimum Gasteiger partial charge on any atom is -0.353 e. The monoisotopic (exact) mass is 1300 g/mol. The molecule has 1 N–H and O–H groups in total. The molecule has 95 heavy (non-hydrogen) atoms. The molecule has 22 aromatic rings. The van der Waals surface area contributed by atoms with Gasteiger partial charge in [0.25, 0.3) is 0 Å². The van der Waals surface area contributed by atoms with Crippen molar-refractivity contribution < 1.29 is 0 Å². The molecule has 6 nitrogen and oxygen atoms in total. The van der Waals surface area contributed by atoms with Crippen LogP contribution < -0.4 is 0 Å². The maximum absolute atomic E-state index is 6.26. The molecule has 444 valence electrons. The summed E-state index contributed by atoms with van der Waals surface area (Å²) >= 11 is 13.5. The van der Waals surface area contributed by atoms with Crippen molar-refractivity contribution >= 4 is 225 Å². The van der Waals surface area contributed by atoms with Crippen LogP contribution in [0.4, 0.5) is 0 Å². The van der Waals surface area contributed by atoms with Gasteiger partial charge in [-0.05, 0) is 91.1 Å². The van der Waals surface area contributed by atoms with Gasteiger partial charge in [0.05, 0.1) is 57.8 Å². The number of H-pyrrole nitrogens is 1. The largest absolute Gasteiger partial charge is 0.353 e. The number of para-hydroxylation sites is 2. The summed E-state index contributed by atoms with van der Waals surface area (Å²) in [5, 5.41) is 23.0. The molecule has 0 saturated heterocycles. The summed E-state index contributed by atoms with van der Waals surface area (Å²) in [5.41, 5.74) is 10.8. The Hall–Kier alpha value is -11.0. The van der Waals surface area contributed by atoms with E-state index in [2.05, 4.69) is 280 Å². The van der Waals surface area contributed by atoms with Crippen LogP contribution in [0.3, 0.4) is 0 Å². The fraction of sp³-hybridized carbons (Fsp3) is 0. The zero-order valence-corrected chi connectivity index (χ0v) is 54.3. The summed E-state index contributed by atoms with van der Waals surface area (Å²) in [5.74, 6) is 0.698. The predicted octanol–water partition coefficient (Wildman–Crippen LogP) is 25.4. The third kappa shape index (κ3) is 8.39. The zero-order valence-electron chi connectivity index (χ0n) is 50.3.